The van der Waals surface area contributed by atoms with Crippen molar-refractivity contribution in [1.29, 1.82) is 0 Å². The molecule has 0 spiro atoms. The van der Waals surface area contributed by atoms with Crippen LogP contribution in [0.5, 0.6) is 5.75 Å². The molecule has 0 aliphatic carbocycles. The van der Waals surface area contributed by atoms with Gasteiger partial charge in [0.05, 0.1) is 12.1 Å². The molecule has 36 heavy (non-hydrogen) atoms. The minimum atomic E-state index is -0.891. The summed E-state index contributed by atoms with van der Waals surface area (Å²) in [7, 11) is 0. The van der Waals surface area contributed by atoms with Gasteiger partial charge in [-0.3, -0.25) is 4.79 Å². The first-order valence-corrected chi connectivity index (χ1v) is 12.7. The first-order valence-electron chi connectivity index (χ1n) is 12.7. The molecule has 0 N–H and O–H groups in total. The van der Waals surface area contributed by atoms with E-state index in [0.29, 0.717) is 30.7 Å². The molecule has 0 radical (unpaired) electrons. The molecular weight excluding hydrogens is 456 g/mol. The van der Waals surface area contributed by atoms with Crippen molar-refractivity contribution in [1.82, 2.24) is 4.57 Å². The second-order valence-electron chi connectivity index (χ2n) is 9.54. The van der Waals surface area contributed by atoms with Crippen LogP contribution in [-0.2, 0) is 13.0 Å². The Bertz CT molecular complexity index is 1340. The molecule has 4 rings (SSSR count). The Labute approximate surface area is 211 Å². The second kappa shape index (κ2) is 11.5. The summed E-state index contributed by atoms with van der Waals surface area (Å²) in [6.07, 6.45) is 2.59. The van der Waals surface area contributed by atoms with E-state index < -0.39 is 11.6 Å². The third kappa shape index (κ3) is 5.67. The number of Topliss-reactive ketones (excluding diaryl/α,β-unsaturated/α-hetero) is 1. The third-order valence-corrected chi connectivity index (χ3v) is 6.48. The molecule has 0 unspecified atom stereocenters. The zero-order valence-electron chi connectivity index (χ0n) is 21.2. The summed E-state index contributed by atoms with van der Waals surface area (Å²) in [5.41, 5.74) is 4.41. The van der Waals surface area contributed by atoms with Crippen LogP contribution in [0.15, 0.2) is 66.7 Å². The van der Waals surface area contributed by atoms with Crippen LogP contribution in [-0.4, -0.2) is 17.0 Å². The van der Waals surface area contributed by atoms with Crippen molar-refractivity contribution in [2.24, 2.45) is 0 Å². The fourth-order valence-electron chi connectivity index (χ4n) is 4.68. The van der Waals surface area contributed by atoms with Crippen molar-refractivity contribution < 1.29 is 18.3 Å². The molecule has 4 aromatic rings. The van der Waals surface area contributed by atoms with Gasteiger partial charge in [-0.1, -0.05) is 63.6 Å². The zero-order valence-corrected chi connectivity index (χ0v) is 21.2. The Balaban J connectivity index is 1.75. The molecule has 5 heteroatoms. The van der Waals surface area contributed by atoms with Gasteiger partial charge in [0.15, 0.2) is 17.4 Å². The molecule has 0 bridgehead atoms. The lowest BCUT2D eigenvalue weighted by Crippen LogP contribution is -2.11. The molecule has 1 heterocycles. The highest BCUT2D eigenvalue weighted by Gasteiger charge is 2.25. The molecule has 0 aliphatic heterocycles. The number of carbonyl (C=O) groups is 1. The van der Waals surface area contributed by atoms with Gasteiger partial charge in [-0.15, -0.1) is 0 Å². The summed E-state index contributed by atoms with van der Waals surface area (Å²) in [5, 5.41) is 0.896. The van der Waals surface area contributed by atoms with Gasteiger partial charge in [-0.25, -0.2) is 8.78 Å². The van der Waals surface area contributed by atoms with E-state index >= 15 is 0 Å². The molecular formula is C31H33F2NO2. The number of halogens is 2. The first kappa shape index (κ1) is 25.6. The lowest BCUT2D eigenvalue weighted by atomic mass is 9.96. The van der Waals surface area contributed by atoms with Crippen LogP contribution in [0.1, 0.15) is 73.1 Å². The molecule has 3 aromatic carbocycles. The topological polar surface area (TPSA) is 31.2 Å². The predicted molar refractivity (Wildman–Crippen MR) is 141 cm³/mol. The van der Waals surface area contributed by atoms with Gasteiger partial charge in [-0.2, -0.15) is 0 Å². The van der Waals surface area contributed by atoms with Crippen molar-refractivity contribution in [3.63, 3.8) is 0 Å². The Morgan fingerprint density at radius 3 is 2.42 bits per heavy atom. The van der Waals surface area contributed by atoms with E-state index in [2.05, 4.69) is 37.5 Å². The fourth-order valence-corrected chi connectivity index (χ4v) is 4.68. The van der Waals surface area contributed by atoms with Gasteiger partial charge in [0.1, 0.15) is 5.75 Å². The summed E-state index contributed by atoms with van der Waals surface area (Å²) in [5.74, 6) is -0.877. The molecule has 3 nitrogen and oxygen atoms in total. The number of aromatic nitrogens is 1. The molecule has 0 aliphatic rings. The lowest BCUT2D eigenvalue weighted by Gasteiger charge is -2.15. The van der Waals surface area contributed by atoms with Gasteiger partial charge < -0.3 is 9.30 Å². The van der Waals surface area contributed by atoms with Gasteiger partial charge in [0.2, 0.25) is 0 Å². The zero-order chi connectivity index (χ0) is 25.7. The van der Waals surface area contributed by atoms with Crippen molar-refractivity contribution >= 4 is 16.7 Å². The van der Waals surface area contributed by atoms with Gasteiger partial charge in [0.25, 0.3) is 0 Å². The van der Waals surface area contributed by atoms with Crippen LogP contribution in [0.25, 0.3) is 10.9 Å². The molecule has 0 saturated heterocycles. The maximum absolute atomic E-state index is 13.7. The number of fused-ring (bicyclic) bond motifs is 1. The number of ketones is 1. The summed E-state index contributed by atoms with van der Waals surface area (Å²) < 4.78 is 35.2. The summed E-state index contributed by atoms with van der Waals surface area (Å²) in [4.78, 5) is 13.7. The van der Waals surface area contributed by atoms with Crippen molar-refractivity contribution in [2.45, 2.75) is 58.9 Å². The van der Waals surface area contributed by atoms with E-state index in [9.17, 15) is 13.6 Å². The Morgan fingerprint density at radius 1 is 0.944 bits per heavy atom. The fraction of sp³-hybridized carbons (Fsp3) is 0.323. The molecule has 0 amide bonds. The number of aryl methyl sites for hydroxylation is 1. The van der Waals surface area contributed by atoms with Crippen molar-refractivity contribution in [3.8, 4) is 5.75 Å². The number of ether oxygens (including phenoxy) is 1. The molecule has 188 valence electrons. The number of rotatable bonds is 11. The monoisotopic (exact) mass is 489 g/mol. The van der Waals surface area contributed by atoms with Crippen LogP contribution in [0.4, 0.5) is 8.78 Å². The Morgan fingerprint density at radius 2 is 1.72 bits per heavy atom. The van der Waals surface area contributed by atoms with Crippen LogP contribution >= 0.6 is 0 Å². The second-order valence-corrected chi connectivity index (χ2v) is 9.54. The average Bonchev–Trinajstić information content (AvgIpc) is 3.19. The van der Waals surface area contributed by atoms with E-state index in [-0.39, 0.29) is 18.1 Å². The quantitative estimate of drug-likeness (QED) is 0.157. The number of unbranched alkanes of at least 4 members (excludes halogenated alkanes) is 1. The minimum absolute atomic E-state index is 0.0000961. The highest BCUT2D eigenvalue weighted by molar-refractivity contribution is 6.10. The number of hydrogen-bond acceptors (Lipinski definition) is 2. The standard InChI is InChI=1S/C31H33F2NO2/c1-4-5-17-36-24-13-14-25-28(19-24)34(20-23-9-7-6-8-10-23)31(21(2)3)30(25)29(35)16-12-22-11-15-26(32)27(33)18-22/h6-11,13-15,18-19,21H,4-5,12,16-17,20H2,1-3H3. The number of nitrogens with zero attached hydrogens (tertiary/aromatic N) is 1. The minimum Gasteiger partial charge on any atom is -0.494 e. The Hall–Kier alpha value is -3.47. The lowest BCUT2D eigenvalue weighted by molar-refractivity contribution is 0.0982. The van der Waals surface area contributed by atoms with E-state index in [4.69, 9.17) is 4.74 Å². The normalized spacial score (nSPS) is 11.4. The van der Waals surface area contributed by atoms with Crippen LogP contribution in [0, 0.1) is 11.6 Å². The van der Waals surface area contributed by atoms with Gasteiger partial charge >= 0.3 is 0 Å². The van der Waals surface area contributed by atoms with E-state index in [1.165, 1.54) is 12.1 Å². The largest absolute Gasteiger partial charge is 0.494 e. The van der Waals surface area contributed by atoms with Crippen LogP contribution in [0.3, 0.4) is 0 Å². The third-order valence-electron chi connectivity index (χ3n) is 6.48. The Kier molecular flexibility index (Phi) is 8.19. The summed E-state index contributed by atoms with van der Waals surface area (Å²) >= 11 is 0. The SMILES string of the molecule is CCCCOc1ccc2c(C(=O)CCc3ccc(F)c(F)c3)c(C(C)C)n(Cc3ccccc3)c2c1. The molecule has 0 atom stereocenters. The summed E-state index contributed by atoms with van der Waals surface area (Å²) in [6.45, 7) is 7.61. The number of benzene rings is 3. The van der Waals surface area contributed by atoms with E-state index in [0.717, 1.165) is 46.8 Å². The van der Waals surface area contributed by atoms with Crippen molar-refractivity contribution in [2.75, 3.05) is 6.61 Å². The molecule has 0 saturated carbocycles. The van der Waals surface area contributed by atoms with E-state index in [1.54, 1.807) is 0 Å². The van der Waals surface area contributed by atoms with E-state index in [1.807, 2.05) is 36.4 Å². The maximum Gasteiger partial charge on any atom is 0.165 e. The first-order chi connectivity index (χ1) is 17.4. The predicted octanol–water partition coefficient (Wildman–Crippen LogP) is 8.09. The average molecular weight is 490 g/mol. The number of hydrogen-bond donors (Lipinski definition) is 0. The smallest absolute Gasteiger partial charge is 0.165 e. The van der Waals surface area contributed by atoms with Crippen molar-refractivity contribution in [3.05, 3.63) is 101 Å². The molecule has 1 aromatic heterocycles. The highest BCUT2D eigenvalue weighted by atomic mass is 19.2. The highest BCUT2D eigenvalue weighted by Crippen LogP contribution is 2.35. The number of carbonyl (C=O) groups excluding carboxylic acids is 1. The van der Waals surface area contributed by atoms with Gasteiger partial charge in [0, 0.05) is 35.7 Å². The summed E-state index contributed by atoms with van der Waals surface area (Å²) in [6, 6.07) is 20.0. The van der Waals surface area contributed by atoms with Gasteiger partial charge in [-0.05, 0) is 54.2 Å². The van der Waals surface area contributed by atoms with Crippen LogP contribution in [0.2, 0.25) is 0 Å². The molecule has 0 fully saturated rings. The van der Waals surface area contributed by atoms with Crippen LogP contribution < -0.4 is 4.74 Å². The maximum atomic E-state index is 13.7.